The Morgan fingerprint density at radius 1 is 1.38 bits per heavy atom. The van der Waals surface area contributed by atoms with Gasteiger partial charge in [-0.3, -0.25) is 9.05 Å². The molecule has 0 unspecified atom stereocenters. The van der Waals surface area contributed by atoms with E-state index < -0.39 is 7.82 Å². The van der Waals surface area contributed by atoms with Crippen LogP contribution in [0.25, 0.3) is 0 Å². The van der Waals surface area contributed by atoms with Gasteiger partial charge in [0.2, 0.25) is 0 Å². The highest BCUT2D eigenvalue weighted by Gasteiger charge is 2.27. The molecule has 0 amide bonds. The van der Waals surface area contributed by atoms with Gasteiger partial charge in [0, 0.05) is 25.8 Å². The van der Waals surface area contributed by atoms with Crippen molar-refractivity contribution in [3.63, 3.8) is 0 Å². The minimum Gasteiger partial charge on any atom is -0.469 e. The lowest BCUT2D eigenvalue weighted by Crippen LogP contribution is -1.98. The van der Waals surface area contributed by atoms with Crippen LogP contribution in [0.4, 0.5) is 0 Å². The summed E-state index contributed by atoms with van der Waals surface area (Å²) in [5.41, 5.74) is 0. The molecule has 92 valence electrons. The van der Waals surface area contributed by atoms with Gasteiger partial charge in [0.25, 0.3) is 5.19 Å². The van der Waals surface area contributed by atoms with Gasteiger partial charge in [-0.1, -0.05) is 6.92 Å². The van der Waals surface area contributed by atoms with E-state index >= 15 is 0 Å². The average Bonchev–Trinajstić information content (AvgIpc) is 2.73. The van der Waals surface area contributed by atoms with E-state index in [0.29, 0.717) is 11.8 Å². The standard InChI is InChI=1S/C7H13N2O5PS/c1-4-5-13-7-8-6(9-16-7)14-15(10,11-2)12-3/h4-5H2,1-3H3. The zero-order valence-electron chi connectivity index (χ0n) is 9.21. The molecular weight excluding hydrogens is 255 g/mol. The molecule has 0 saturated heterocycles. The molecule has 1 rings (SSSR count). The zero-order valence-corrected chi connectivity index (χ0v) is 10.9. The molecule has 16 heavy (non-hydrogen) atoms. The monoisotopic (exact) mass is 268 g/mol. The molecular formula is C7H13N2O5PS. The first-order chi connectivity index (χ1) is 7.63. The van der Waals surface area contributed by atoms with Crippen molar-refractivity contribution < 1.29 is 22.9 Å². The third-order valence-corrected chi connectivity index (χ3v) is 3.35. The zero-order chi connectivity index (χ0) is 12.0. The normalized spacial score (nSPS) is 11.4. The SMILES string of the molecule is CCCOc1nc(OP(=O)(OC)OC)ns1. The van der Waals surface area contributed by atoms with E-state index in [2.05, 4.69) is 18.4 Å². The summed E-state index contributed by atoms with van der Waals surface area (Å²) in [5, 5.41) is 0.357. The molecule has 0 atom stereocenters. The molecule has 0 saturated carbocycles. The first-order valence-corrected chi connectivity index (χ1v) is 6.74. The van der Waals surface area contributed by atoms with Crippen LogP contribution in [0.2, 0.25) is 0 Å². The Bertz CT molecular complexity index is 363. The van der Waals surface area contributed by atoms with Gasteiger partial charge < -0.3 is 9.26 Å². The van der Waals surface area contributed by atoms with E-state index in [1.165, 1.54) is 14.2 Å². The maximum absolute atomic E-state index is 11.6. The first kappa shape index (κ1) is 13.4. The van der Waals surface area contributed by atoms with Crippen molar-refractivity contribution in [3.05, 3.63) is 0 Å². The fraction of sp³-hybridized carbons (Fsp3) is 0.714. The van der Waals surface area contributed by atoms with Crippen LogP contribution in [0, 0.1) is 0 Å². The Balaban J connectivity index is 2.61. The number of aromatic nitrogens is 2. The molecule has 0 aliphatic carbocycles. The van der Waals surface area contributed by atoms with Crippen LogP contribution in [-0.2, 0) is 13.6 Å². The predicted octanol–water partition coefficient (Wildman–Crippen LogP) is 2.11. The van der Waals surface area contributed by atoms with Gasteiger partial charge in [-0.15, -0.1) is 9.36 Å². The summed E-state index contributed by atoms with van der Waals surface area (Å²) in [4.78, 5) is 3.86. The Labute approximate surface area is 97.5 Å². The minimum atomic E-state index is -3.59. The highest BCUT2D eigenvalue weighted by Crippen LogP contribution is 2.47. The molecule has 0 fully saturated rings. The molecule has 1 heterocycles. The molecule has 1 aromatic rings. The third-order valence-electron chi connectivity index (χ3n) is 1.46. The second kappa shape index (κ2) is 6.15. The number of phosphoric ester groups is 1. The number of phosphoric acid groups is 1. The number of nitrogens with zero attached hydrogens (tertiary/aromatic N) is 2. The maximum atomic E-state index is 11.6. The average molecular weight is 268 g/mol. The molecule has 9 heteroatoms. The summed E-state index contributed by atoms with van der Waals surface area (Å²) < 4.78 is 34.6. The Hall–Kier alpha value is -0.690. The topological polar surface area (TPSA) is 79.8 Å². The molecule has 1 aromatic heterocycles. The number of rotatable bonds is 7. The number of ether oxygens (including phenoxy) is 1. The van der Waals surface area contributed by atoms with Gasteiger partial charge in [0.1, 0.15) is 0 Å². The Morgan fingerprint density at radius 3 is 2.62 bits per heavy atom. The Kier molecular flexibility index (Phi) is 5.14. The van der Waals surface area contributed by atoms with Crippen LogP contribution in [0.5, 0.6) is 11.2 Å². The molecule has 0 N–H and O–H groups in total. The first-order valence-electron chi connectivity index (χ1n) is 4.51. The highest BCUT2D eigenvalue weighted by atomic mass is 32.1. The summed E-state index contributed by atoms with van der Waals surface area (Å²) in [6.07, 6.45) is 0.865. The van der Waals surface area contributed by atoms with Crippen molar-refractivity contribution in [1.29, 1.82) is 0 Å². The van der Waals surface area contributed by atoms with Crippen molar-refractivity contribution in [1.82, 2.24) is 9.36 Å². The second-order valence-electron chi connectivity index (χ2n) is 2.59. The van der Waals surface area contributed by atoms with Gasteiger partial charge in [0.15, 0.2) is 0 Å². The van der Waals surface area contributed by atoms with E-state index in [1.807, 2.05) is 6.92 Å². The van der Waals surface area contributed by atoms with E-state index in [-0.39, 0.29) is 6.01 Å². The summed E-state index contributed by atoms with van der Waals surface area (Å²) in [6.45, 7) is 2.52. The molecule has 0 aliphatic rings. The van der Waals surface area contributed by atoms with Crippen molar-refractivity contribution in [2.75, 3.05) is 20.8 Å². The number of hydrogen-bond donors (Lipinski definition) is 0. The maximum Gasteiger partial charge on any atom is 0.531 e. The lowest BCUT2D eigenvalue weighted by molar-refractivity contribution is 0.206. The van der Waals surface area contributed by atoms with Crippen molar-refractivity contribution in [3.8, 4) is 11.2 Å². The van der Waals surface area contributed by atoms with Gasteiger partial charge in [-0.25, -0.2) is 4.57 Å². The van der Waals surface area contributed by atoms with E-state index in [4.69, 9.17) is 9.26 Å². The minimum absolute atomic E-state index is 0.0804. The fourth-order valence-corrected chi connectivity index (χ4v) is 1.86. The quantitative estimate of drug-likeness (QED) is 0.700. The van der Waals surface area contributed by atoms with E-state index in [0.717, 1.165) is 18.0 Å². The van der Waals surface area contributed by atoms with E-state index in [9.17, 15) is 4.57 Å². The van der Waals surface area contributed by atoms with Crippen LogP contribution in [-0.4, -0.2) is 30.2 Å². The lowest BCUT2D eigenvalue weighted by Gasteiger charge is -2.10. The van der Waals surface area contributed by atoms with Crippen LogP contribution < -0.4 is 9.26 Å². The molecule has 0 aromatic carbocycles. The van der Waals surface area contributed by atoms with Gasteiger partial charge in [0.05, 0.1) is 6.61 Å². The molecule has 0 spiro atoms. The molecule has 7 nitrogen and oxygen atoms in total. The van der Waals surface area contributed by atoms with Crippen molar-refractivity contribution in [2.45, 2.75) is 13.3 Å². The Morgan fingerprint density at radius 2 is 2.06 bits per heavy atom. The summed E-state index contributed by atoms with van der Waals surface area (Å²) in [6, 6.07) is -0.0804. The summed E-state index contributed by atoms with van der Waals surface area (Å²) >= 11 is 1.01. The van der Waals surface area contributed by atoms with Crippen molar-refractivity contribution >= 4 is 19.4 Å². The van der Waals surface area contributed by atoms with Crippen LogP contribution in [0.15, 0.2) is 0 Å². The van der Waals surface area contributed by atoms with Gasteiger partial charge >= 0.3 is 13.8 Å². The van der Waals surface area contributed by atoms with Crippen LogP contribution in [0.1, 0.15) is 13.3 Å². The summed E-state index contributed by atoms with van der Waals surface area (Å²) in [5.74, 6) is 0. The molecule has 0 bridgehead atoms. The second-order valence-corrected chi connectivity index (χ2v) is 5.12. The van der Waals surface area contributed by atoms with Gasteiger partial charge in [-0.2, -0.15) is 0 Å². The predicted molar refractivity (Wildman–Crippen MR) is 57.9 cm³/mol. The third kappa shape index (κ3) is 3.71. The summed E-state index contributed by atoms with van der Waals surface area (Å²) in [7, 11) is -1.16. The lowest BCUT2D eigenvalue weighted by atomic mass is 10.5. The van der Waals surface area contributed by atoms with Crippen LogP contribution >= 0.6 is 19.4 Å². The highest BCUT2D eigenvalue weighted by molar-refractivity contribution is 7.48. The number of hydrogen-bond acceptors (Lipinski definition) is 8. The largest absolute Gasteiger partial charge is 0.531 e. The van der Waals surface area contributed by atoms with Crippen LogP contribution in [0.3, 0.4) is 0 Å². The molecule has 0 radical (unpaired) electrons. The fourth-order valence-electron chi connectivity index (χ4n) is 0.731. The van der Waals surface area contributed by atoms with Gasteiger partial charge in [-0.05, 0) is 6.42 Å². The molecule has 0 aliphatic heterocycles. The smallest absolute Gasteiger partial charge is 0.469 e. The van der Waals surface area contributed by atoms with E-state index in [1.54, 1.807) is 0 Å². The van der Waals surface area contributed by atoms with Crippen molar-refractivity contribution in [2.24, 2.45) is 0 Å².